The number of hydrogen-bond donors (Lipinski definition) is 0. The molecule has 0 spiro atoms. The fraction of sp³-hybridized carbons (Fsp3) is 0.971. The van der Waals surface area contributed by atoms with Crippen LogP contribution in [0.4, 0.5) is 0 Å². The van der Waals surface area contributed by atoms with Gasteiger partial charge in [-0.2, -0.15) is 0 Å². The molecule has 3 rings (SSSR count). The van der Waals surface area contributed by atoms with Crippen LogP contribution < -0.4 is 0 Å². The second kappa shape index (κ2) is 20.7. The van der Waals surface area contributed by atoms with Crippen LogP contribution in [0.1, 0.15) is 168 Å². The molecule has 3 unspecified atom stereocenters. The molecule has 0 heterocycles. The summed E-state index contributed by atoms with van der Waals surface area (Å²) in [6.45, 7) is 6.62. The molecule has 3 aliphatic rings. The Hall–Kier alpha value is -0.120. The summed E-state index contributed by atoms with van der Waals surface area (Å²) in [5.74, 6) is 1.21. The van der Waals surface area contributed by atoms with Crippen molar-refractivity contribution in [2.45, 2.75) is 192 Å². The maximum atomic E-state index is 6.86. The molecule has 0 saturated heterocycles. The van der Waals surface area contributed by atoms with Gasteiger partial charge in [0.2, 0.25) is 0 Å². The second-order valence-electron chi connectivity index (χ2n) is 13.5. The van der Waals surface area contributed by atoms with Crippen molar-refractivity contribution in [1.82, 2.24) is 0 Å². The average molecular weight is 534 g/mol. The molecule has 0 aromatic rings. The number of rotatable bonds is 14. The van der Waals surface area contributed by atoms with Crippen molar-refractivity contribution in [2.75, 3.05) is 13.2 Å². The summed E-state index contributed by atoms with van der Waals surface area (Å²) in [7, 11) is 0. The highest BCUT2D eigenvalue weighted by atomic mass is 16.5. The van der Waals surface area contributed by atoms with Crippen molar-refractivity contribution < 1.29 is 14.2 Å². The lowest BCUT2D eigenvalue weighted by Gasteiger charge is -2.29. The minimum absolute atomic E-state index is 0.277. The van der Waals surface area contributed by atoms with E-state index < -0.39 is 0 Å². The van der Waals surface area contributed by atoms with E-state index in [1.54, 1.807) is 0 Å². The highest BCUT2D eigenvalue weighted by molar-refractivity contribution is 4.83. The van der Waals surface area contributed by atoms with E-state index in [0.717, 1.165) is 32.5 Å². The van der Waals surface area contributed by atoms with Crippen LogP contribution in [0.25, 0.3) is 0 Å². The van der Waals surface area contributed by atoms with Crippen LogP contribution in [-0.4, -0.2) is 37.6 Å². The summed E-state index contributed by atoms with van der Waals surface area (Å²) in [6.07, 6.45) is 36.0. The number of ether oxygens (including phenoxy) is 3. The van der Waals surface area contributed by atoms with Crippen LogP contribution in [0.15, 0.2) is 0 Å². The molecular formula is C35H65O3. The van der Waals surface area contributed by atoms with Gasteiger partial charge in [0.25, 0.3) is 0 Å². The zero-order valence-corrected chi connectivity index (χ0v) is 25.7. The van der Waals surface area contributed by atoms with E-state index in [9.17, 15) is 0 Å². The molecule has 3 saturated carbocycles. The molecule has 38 heavy (non-hydrogen) atoms. The summed E-state index contributed by atoms with van der Waals surface area (Å²) in [4.78, 5) is 0. The van der Waals surface area contributed by atoms with Crippen LogP contribution in [0.5, 0.6) is 0 Å². The molecule has 0 N–H and O–H groups in total. The summed E-state index contributed by atoms with van der Waals surface area (Å²) in [5.41, 5.74) is 0. The Morgan fingerprint density at radius 2 is 1.00 bits per heavy atom. The molecule has 3 fully saturated rings. The van der Waals surface area contributed by atoms with Crippen molar-refractivity contribution in [3.63, 3.8) is 0 Å². The first-order chi connectivity index (χ1) is 18.7. The van der Waals surface area contributed by atoms with Crippen molar-refractivity contribution in [1.29, 1.82) is 0 Å². The van der Waals surface area contributed by atoms with Gasteiger partial charge in [-0.1, -0.05) is 110 Å². The second-order valence-corrected chi connectivity index (χ2v) is 13.5. The fourth-order valence-electron chi connectivity index (χ4n) is 6.88. The lowest BCUT2D eigenvalue weighted by molar-refractivity contribution is -0.0267. The normalized spacial score (nSPS) is 24.8. The molecule has 3 heteroatoms. The van der Waals surface area contributed by atoms with E-state index in [4.69, 9.17) is 14.2 Å². The lowest BCUT2D eigenvalue weighted by Crippen LogP contribution is -2.27. The Bertz CT molecular complexity index is 527. The van der Waals surface area contributed by atoms with Gasteiger partial charge in [-0.15, -0.1) is 0 Å². The number of hydrogen-bond acceptors (Lipinski definition) is 3. The van der Waals surface area contributed by atoms with E-state index in [0.29, 0.717) is 30.1 Å². The van der Waals surface area contributed by atoms with Gasteiger partial charge in [-0.05, 0) is 76.0 Å². The van der Waals surface area contributed by atoms with Gasteiger partial charge in [0.05, 0.1) is 24.4 Å². The molecule has 0 aromatic heterocycles. The minimum atomic E-state index is 0.277. The minimum Gasteiger partial charge on any atom is -0.378 e. The van der Waals surface area contributed by atoms with Crippen molar-refractivity contribution in [2.24, 2.45) is 11.8 Å². The predicted octanol–water partition coefficient (Wildman–Crippen LogP) is 10.4. The van der Waals surface area contributed by atoms with Crippen LogP contribution in [0.3, 0.4) is 0 Å². The third-order valence-corrected chi connectivity index (χ3v) is 9.54. The smallest absolute Gasteiger partial charge is 0.0613 e. The topological polar surface area (TPSA) is 27.7 Å². The van der Waals surface area contributed by atoms with E-state index >= 15 is 0 Å². The zero-order chi connectivity index (χ0) is 26.7. The first-order valence-corrected chi connectivity index (χ1v) is 17.4. The third kappa shape index (κ3) is 15.0. The van der Waals surface area contributed by atoms with E-state index in [-0.39, 0.29) is 6.10 Å². The molecule has 3 atom stereocenters. The van der Waals surface area contributed by atoms with E-state index in [1.807, 2.05) is 0 Å². The monoisotopic (exact) mass is 533 g/mol. The van der Waals surface area contributed by atoms with Gasteiger partial charge >= 0.3 is 0 Å². The standard InChI is InChI=1S/C35H65O3/c1-30(26-27-36-32-18-12-6-3-7-13-19-32)28-35(38-34-22-16-10-5-11-17-23-34)25-24-31(2)29-37-33-20-14-8-4-9-15-21-33/h25,30-35H,3-24,26-29H2,1-2H3. The van der Waals surface area contributed by atoms with Gasteiger partial charge in [0, 0.05) is 13.2 Å². The molecule has 0 aliphatic heterocycles. The van der Waals surface area contributed by atoms with Crippen LogP contribution in [-0.2, 0) is 14.2 Å². The van der Waals surface area contributed by atoms with Gasteiger partial charge in [-0.25, -0.2) is 0 Å². The van der Waals surface area contributed by atoms with Gasteiger partial charge in [-0.3, -0.25) is 0 Å². The van der Waals surface area contributed by atoms with E-state index in [1.165, 1.54) is 135 Å². The molecule has 3 aliphatic carbocycles. The fourth-order valence-corrected chi connectivity index (χ4v) is 6.88. The van der Waals surface area contributed by atoms with Gasteiger partial charge in [0.1, 0.15) is 0 Å². The lowest BCUT2D eigenvalue weighted by atomic mass is 9.93. The van der Waals surface area contributed by atoms with Crippen molar-refractivity contribution in [3.8, 4) is 0 Å². The Balaban J connectivity index is 1.41. The Morgan fingerprint density at radius 3 is 1.53 bits per heavy atom. The highest BCUT2D eigenvalue weighted by Gasteiger charge is 2.22. The summed E-state index contributed by atoms with van der Waals surface area (Å²) in [5, 5.41) is 0. The molecule has 0 amide bonds. The van der Waals surface area contributed by atoms with E-state index in [2.05, 4.69) is 20.3 Å². The Kier molecular flexibility index (Phi) is 17.7. The molecule has 1 radical (unpaired) electrons. The summed E-state index contributed by atoms with van der Waals surface area (Å²) >= 11 is 0. The van der Waals surface area contributed by atoms with Crippen LogP contribution >= 0.6 is 0 Å². The first kappa shape index (κ1) is 32.4. The first-order valence-electron chi connectivity index (χ1n) is 17.4. The summed E-state index contributed by atoms with van der Waals surface area (Å²) < 4.78 is 19.7. The SMILES string of the molecule is CC(C[CH]C(CC(C)CCOC1CCCCCCC1)OC1CCCCCCC1)COC1CCCCCCC1. The van der Waals surface area contributed by atoms with Crippen molar-refractivity contribution >= 4 is 0 Å². The van der Waals surface area contributed by atoms with Gasteiger partial charge in [0.15, 0.2) is 0 Å². The maximum absolute atomic E-state index is 6.86. The quantitative estimate of drug-likeness (QED) is 0.222. The van der Waals surface area contributed by atoms with Crippen LogP contribution in [0.2, 0.25) is 0 Å². The van der Waals surface area contributed by atoms with Crippen molar-refractivity contribution in [3.05, 3.63) is 6.42 Å². The summed E-state index contributed by atoms with van der Waals surface area (Å²) in [6, 6.07) is 0. The molecule has 0 aromatic carbocycles. The largest absolute Gasteiger partial charge is 0.378 e. The Labute approximate surface area is 237 Å². The zero-order valence-electron chi connectivity index (χ0n) is 25.7. The molecule has 3 nitrogen and oxygen atoms in total. The average Bonchev–Trinajstić information content (AvgIpc) is 2.84. The maximum Gasteiger partial charge on any atom is 0.0613 e. The Morgan fingerprint density at radius 1 is 0.553 bits per heavy atom. The molecular weight excluding hydrogens is 468 g/mol. The third-order valence-electron chi connectivity index (χ3n) is 9.54. The molecule has 223 valence electrons. The predicted molar refractivity (Wildman–Crippen MR) is 162 cm³/mol. The highest BCUT2D eigenvalue weighted by Crippen LogP contribution is 2.27. The van der Waals surface area contributed by atoms with Crippen LogP contribution in [0, 0.1) is 18.3 Å². The molecule has 0 bridgehead atoms. The van der Waals surface area contributed by atoms with Gasteiger partial charge < -0.3 is 14.2 Å².